The third-order valence-electron chi connectivity index (χ3n) is 3.16. The fourth-order valence-electron chi connectivity index (χ4n) is 2.25. The molecule has 1 aliphatic rings. The van der Waals surface area contributed by atoms with Crippen molar-refractivity contribution in [3.05, 3.63) is 17.6 Å². The van der Waals surface area contributed by atoms with Gasteiger partial charge in [0.2, 0.25) is 0 Å². The van der Waals surface area contributed by atoms with E-state index in [0.717, 1.165) is 19.3 Å². The maximum atomic E-state index is 11.3. The van der Waals surface area contributed by atoms with Gasteiger partial charge in [0.15, 0.2) is 0 Å². The lowest BCUT2D eigenvalue weighted by Gasteiger charge is -2.27. The molecule has 0 radical (unpaired) electrons. The number of anilines is 1. The van der Waals surface area contributed by atoms with Crippen LogP contribution in [0.3, 0.4) is 0 Å². The quantitative estimate of drug-likeness (QED) is 0.729. The lowest BCUT2D eigenvalue weighted by molar-refractivity contribution is 0.100. The fourth-order valence-corrected chi connectivity index (χ4v) is 2.25. The van der Waals surface area contributed by atoms with Gasteiger partial charge in [-0.25, -0.2) is 9.97 Å². The van der Waals surface area contributed by atoms with Crippen molar-refractivity contribution in [3.63, 3.8) is 0 Å². The lowest BCUT2D eigenvalue weighted by Crippen LogP contribution is -2.31. The number of amides is 1. The summed E-state index contributed by atoms with van der Waals surface area (Å²) in [6.07, 6.45) is 4.58. The number of hydrogen-bond acceptors (Lipinski definition) is 5. The molecule has 2 atom stereocenters. The summed E-state index contributed by atoms with van der Waals surface area (Å²) < 4.78 is 0. The maximum Gasteiger partial charge on any atom is 0.254 e. The van der Waals surface area contributed by atoms with Crippen LogP contribution in [0.4, 0.5) is 5.82 Å². The molecule has 1 aliphatic carbocycles. The van der Waals surface area contributed by atoms with Crippen molar-refractivity contribution in [2.24, 2.45) is 5.73 Å². The number of carbonyl (C=O) groups is 1. The maximum absolute atomic E-state index is 11.3. The van der Waals surface area contributed by atoms with E-state index in [2.05, 4.69) is 15.3 Å². The van der Waals surface area contributed by atoms with Crippen molar-refractivity contribution in [3.8, 4) is 0 Å². The molecular formula is C12H18N4O2. The predicted octanol–water partition coefficient (Wildman–Crippen LogP) is 0.599. The van der Waals surface area contributed by atoms with Crippen LogP contribution < -0.4 is 11.1 Å². The van der Waals surface area contributed by atoms with Gasteiger partial charge in [0.1, 0.15) is 11.6 Å². The van der Waals surface area contributed by atoms with E-state index in [-0.39, 0.29) is 12.1 Å². The van der Waals surface area contributed by atoms with E-state index < -0.39 is 5.91 Å². The highest BCUT2D eigenvalue weighted by atomic mass is 16.3. The summed E-state index contributed by atoms with van der Waals surface area (Å²) in [6.45, 7) is 1.76. The number of primary amides is 1. The summed E-state index contributed by atoms with van der Waals surface area (Å²) in [6, 6.07) is 0.126. The molecule has 1 saturated carbocycles. The molecule has 2 rings (SSSR count). The van der Waals surface area contributed by atoms with E-state index in [1.807, 2.05) is 0 Å². The highest BCUT2D eigenvalue weighted by molar-refractivity contribution is 5.97. The Morgan fingerprint density at radius 1 is 1.56 bits per heavy atom. The Morgan fingerprint density at radius 2 is 2.33 bits per heavy atom. The zero-order chi connectivity index (χ0) is 13.1. The van der Waals surface area contributed by atoms with Gasteiger partial charge >= 0.3 is 0 Å². The van der Waals surface area contributed by atoms with Crippen LogP contribution in [0.2, 0.25) is 0 Å². The average Bonchev–Trinajstić information content (AvgIpc) is 2.28. The molecule has 1 amide bonds. The monoisotopic (exact) mass is 250 g/mol. The van der Waals surface area contributed by atoms with Crippen LogP contribution in [0.25, 0.3) is 0 Å². The first kappa shape index (κ1) is 12.8. The number of carbonyl (C=O) groups excluding carboxylic acids is 1. The zero-order valence-electron chi connectivity index (χ0n) is 10.4. The molecule has 6 nitrogen and oxygen atoms in total. The first-order chi connectivity index (χ1) is 8.56. The van der Waals surface area contributed by atoms with Crippen molar-refractivity contribution in [1.29, 1.82) is 0 Å². The second kappa shape index (κ2) is 5.30. The Morgan fingerprint density at radius 3 is 3.00 bits per heavy atom. The number of aromatic nitrogens is 2. The predicted molar refractivity (Wildman–Crippen MR) is 67.2 cm³/mol. The summed E-state index contributed by atoms with van der Waals surface area (Å²) in [7, 11) is 0. The topological polar surface area (TPSA) is 101 Å². The Bertz CT molecular complexity index is 450. The molecule has 1 fully saturated rings. The molecule has 0 aromatic carbocycles. The van der Waals surface area contributed by atoms with Crippen molar-refractivity contribution < 1.29 is 9.90 Å². The van der Waals surface area contributed by atoms with E-state index >= 15 is 0 Å². The van der Waals surface area contributed by atoms with Gasteiger partial charge in [-0.15, -0.1) is 0 Å². The number of nitrogens with one attached hydrogen (secondary N) is 1. The second-order valence-corrected chi connectivity index (χ2v) is 4.71. The van der Waals surface area contributed by atoms with Gasteiger partial charge < -0.3 is 16.2 Å². The minimum absolute atomic E-state index is 0.126. The minimum Gasteiger partial charge on any atom is -0.393 e. The Hall–Kier alpha value is -1.69. The van der Waals surface area contributed by atoms with Gasteiger partial charge in [0, 0.05) is 12.2 Å². The molecule has 0 saturated heterocycles. The van der Waals surface area contributed by atoms with Gasteiger partial charge in [-0.05, 0) is 32.6 Å². The smallest absolute Gasteiger partial charge is 0.254 e. The number of aryl methyl sites for hydroxylation is 1. The Kier molecular flexibility index (Phi) is 3.76. The minimum atomic E-state index is -0.547. The van der Waals surface area contributed by atoms with E-state index in [9.17, 15) is 9.90 Å². The van der Waals surface area contributed by atoms with E-state index in [1.165, 1.54) is 6.20 Å². The number of aliphatic hydroxyl groups excluding tert-OH is 1. The average molecular weight is 250 g/mol. The molecule has 0 aliphatic heterocycles. The molecule has 4 N–H and O–H groups in total. The third kappa shape index (κ3) is 2.95. The van der Waals surface area contributed by atoms with Crippen LogP contribution in [-0.2, 0) is 0 Å². The molecule has 1 heterocycles. The van der Waals surface area contributed by atoms with Crippen LogP contribution in [0.1, 0.15) is 41.9 Å². The van der Waals surface area contributed by atoms with Crippen LogP contribution >= 0.6 is 0 Å². The van der Waals surface area contributed by atoms with E-state index in [0.29, 0.717) is 23.6 Å². The van der Waals surface area contributed by atoms with Crippen LogP contribution in [0.15, 0.2) is 6.20 Å². The van der Waals surface area contributed by atoms with Crippen molar-refractivity contribution >= 4 is 11.7 Å². The van der Waals surface area contributed by atoms with Gasteiger partial charge in [-0.2, -0.15) is 0 Å². The zero-order valence-corrected chi connectivity index (χ0v) is 10.4. The Balaban J connectivity index is 2.16. The largest absolute Gasteiger partial charge is 0.393 e. The Labute approximate surface area is 106 Å². The molecule has 6 heteroatoms. The van der Waals surface area contributed by atoms with Crippen molar-refractivity contribution in [1.82, 2.24) is 9.97 Å². The molecular weight excluding hydrogens is 232 g/mol. The van der Waals surface area contributed by atoms with Gasteiger partial charge in [-0.1, -0.05) is 0 Å². The lowest BCUT2D eigenvalue weighted by atomic mass is 9.93. The SMILES string of the molecule is Cc1ncc(C(N)=O)c(NC2CCC[C@H](O)C2)n1. The van der Waals surface area contributed by atoms with E-state index in [4.69, 9.17) is 5.73 Å². The first-order valence-electron chi connectivity index (χ1n) is 6.14. The second-order valence-electron chi connectivity index (χ2n) is 4.71. The highest BCUT2D eigenvalue weighted by Gasteiger charge is 2.22. The van der Waals surface area contributed by atoms with Gasteiger partial charge in [-0.3, -0.25) is 4.79 Å². The van der Waals surface area contributed by atoms with Crippen LogP contribution in [-0.4, -0.2) is 33.1 Å². The molecule has 0 bridgehead atoms. The number of nitrogens with zero attached hydrogens (tertiary/aromatic N) is 2. The van der Waals surface area contributed by atoms with Crippen LogP contribution in [0, 0.1) is 6.92 Å². The van der Waals surface area contributed by atoms with Gasteiger partial charge in [0.25, 0.3) is 5.91 Å². The van der Waals surface area contributed by atoms with Gasteiger partial charge in [0.05, 0.1) is 11.7 Å². The highest BCUT2D eigenvalue weighted by Crippen LogP contribution is 2.22. The summed E-state index contributed by atoms with van der Waals surface area (Å²) >= 11 is 0. The summed E-state index contributed by atoms with van der Waals surface area (Å²) in [5, 5.41) is 12.8. The molecule has 1 unspecified atom stereocenters. The molecule has 18 heavy (non-hydrogen) atoms. The molecule has 0 spiro atoms. The summed E-state index contributed by atoms with van der Waals surface area (Å²) in [5.41, 5.74) is 5.58. The van der Waals surface area contributed by atoms with Crippen molar-refractivity contribution in [2.75, 3.05) is 5.32 Å². The fraction of sp³-hybridized carbons (Fsp3) is 0.583. The summed E-state index contributed by atoms with van der Waals surface area (Å²) in [5.74, 6) is 0.502. The summed E-state index contributed by atoms with van der Waals surface area (Å²) in [4.78, 5) is 19.5. The van der Waals surface area contributed by atoms with Crippen molar-refractivity contribution in [2.45, 2.75) is 44.8 Å². The number of aliphatic hydroxyl groups is 1. The van der Waals surface area contributed by atoms with Crippen LogP contribution in [0.5, 0.6) is 0 Å². The third-order valence-corrected chi connectivity index (χ3v) is 3.16. The van der Waals surface area contributed by atoms with E-state index in [1.54, 1.807) is 6.92 Å². The first-order valence-corrected chi connectivity index (χ1v) is 6.14. The normalized spacial score (nSPS) is 23.7. The number of rotatable bonds is 3. The standard InChI is InChI=1S/C12H18N4O2/c1-7-14-6-10(11(13)18)12(15-7)16-8-3-2-4-9(17)5-8/h6,8-9,17H,2-5H2,1H3,(H2,13,18)(H,14,15,16)/t8?,9-/m0/s1. The molecule has 1 aromatic heterocycles. The molecule has 1 aromatic rings. The molecule has 98 valence electrons. The number of hydrogen-bond donors (Lipinski definition) is 3. The number of nitrogens with two attached hydrogens (primary N) is 1.